The van der Waals surface area contributed by atoms with Crippen molar-refractivity contribution in [3.05, 3.63) is 58.6 Å². The van der Waals surface area contributed by atoms with Gasteiger partial charge < -0.3 is 11.1 Å². The van der Waals surface area contributed by atoms with Gasteiger partial charge in [-0.15, -0.1) is 11.8 Å². The summed E-state index contributed by atoms with van der Waals surface area (Å²) >= 11 is 4.87. The summed E-state index contributed by atoms with van der Waals surface area (Å²) in [5.74, 6) is 0.367. The monoisotopic (exact) mass is 364 g/mol. The van der Waals surface area contributed by atoms with Crippen LogP contribution in [0.15, 0.2) is 57.9 Å². The first-order valence-electron chi connectivity index (χ1n) is 6.58. The lowest BCUT2D eigenvalue weighted by atomic mass is 10.1. The van der Waals surface area contributed by atoms with Crippen LogP contribution in [0, 0.1) is 0 Å². The SMILES string of the molecule is CC(N)c1ccc(SCC(=O)Nc2ccc(Br)cc2)cc1. The van der Waals surface area contributed by atoms with Crippen molar-refractivity contribution in [2.75, 3.05) is 11.1 Å². The normalized spacial score (nSPS) is 12.0. The van der Waals surface area contributed by atoms with Crippen LogP contribution in [0.2, 0.25) is 0 Å². The molecule has 1 amide bonds. The standard InChI is InChI=1S/C16H17BrN2OS/c1-11(18)12-2-8-15(9-3-12)21-10-16(20)19-14-6-4-13(17)5-7-14/h2-9,11H,10,18H2,1H3,(H,19,20). The topological polar surface area (TPSA) is 55.1 Å². The van der Waals surface area contributed by atoms with Crippen molar-refractivity contribution in [2.45, 2.75) is 17.9 Å². The second-order valence-electron chi connectivity index (χ2n) is 4.70. The highest BCUT2D eigenvalue weighted by Crippen LogP contribution is 2.21. The van der Waals surface area contributed by atoms with Gasteiger partial charge in [0.15, 0.2) is 0 Å². The second kappa shape index (κ2) is 7.64. The maximum Gasteiger partial charge on any atom is 0.234 e. The molecule has 2 rings (SSSR count). The highest BCUT2D eigenvalue weighted by molar-refractivity contribution is 9.10. The minimum atomic E-state index is -0.0152. The Kier molecular flexibility index (Phi) is 5.85. The average Bonchev–Trinajstić information content (AvgIpc) is 2.48. The minimum absolute atomic E-state index is 0.0152. The fraction of sp³-hybridized carbons (Fsp3) is 0.188. The van der Waals surface area contributed by atoms with E-state index in [-0.39, 0.29) is 11.9 Å². The van der Waals surface area contributed by atoms with Gasteiger partial charge in [-0.2, -0.15) is 0 Å². The van der Waals surface area contributed by atoms with E-state index in [9.17, 15) is 4.79 Å². The van der Waals surface area contributed by atoms with E-state index in [2.05, 4.69) is 21.2 Å². The van der Waals surface area contributed by atoms with E-state index < -0.39 is 0 Å². The Bertz CT molecular complexity index is 597. The molecule has 21 heavy (non-hydrogen) atoms. The number of nitrogens with one attached hydrogen (secondary N) is 1. The first-order valence-corrected chi connectivity index (χ1v) is 8.36. The van der Waals surface area contributed by atoms with Crippen LogP contribution in [0.4, 0.5) is 5.69 Å². The van der Waals surface area contributed by atoms with E-state index in [4.69, 9.17) is 5.73 Å². The van der Waals surface area contributed by atoms with Crippen LogP contribution in [0.25, 0.3) is 0 Å². The number of carbonyl (C=O) groups excluding carboxylic acids is 1. The highest BCUT2D eigenvalue weighted by Gasteiger charge is 2.05. The lowest BCUT2D eigenvalue weighted by molar-refractivity contribution is -0.113. The smallest absolute Gasteiger partial charge is 0.234 e. The summed E-state index contributed by atoms with van der Waals surface area (Å²) in [7, 11) is 0. The summed E-state index contributed by atoms with van der Waals surface area (Å²) in [6, 6.07) is 15.6. The van der Waals surface area contributed by atoms with Crippen LogP contribution in [-0.2, 0) is 4.79 Å². The quantitative estimate of drug-likeness (QED) is 0.781. The zero-order chi connectivity index (χ0) is 15.2. The van der Waals surface area contributed by atoms with Crippen molar-refractivity contribution in [1.82, 2.24) is 0 Å². The summed E-state index contributed by atoms with van der Waals surface area (Å²) in [6.45, 7) is 1.95. The fourth-order valence-corrected chi connectivity index (χ4v) is 2.71. The van der Waals surface area contributed by atoms with Crippen LogP contribution in [0.5, 0.6) is 0 Å². The molecule has 2 aromatic rings. The number of thioether (sulfide) groups is 1. The first kappa shape index (κ1) is 16.1. The van der Waals surface area contributed by atoms with E-state index in [1.807, 2.05) is 55.5 Å². The molecule has 0 saturated heterocycles. The Hall–Kier alpha value is -1.30. The van der Waals surface area contributed by atoms with Gasteiger partial charge in [-0.25, -0.2) is 0 Å². The lowest BCUT2D eigenvalue weighted by Crippen LogP contribution is -2.13. The van der Waals surface area contributed by atoms with Gasteiger partial charge in [-0.1, -0.05) is 28.1 Å². The number of carbonyl (C=O) groups is 1. The molecule has 2 aromatic carbocycles. The molecule has 1 unspecified atom stereocenters. The molecular weight excluding hydrogens is 348 g/mol. The Morgan fingerprint density at radius 2 is 1.81 bits per heavy atom. The van der Waals surface area contributed by atoms with E-state index in [1.54, 1.807) is 0 Å². The number of anilines is 1. The van der Waals surface area contributed by atoms with Crippen LogP contribution in [0.3, 0.4) is 0 Å². The second-order valence-corrected chi connectivity index (χ2v) is 6.67. The third-order valence-electron chi connectivity index (χ3n) is 2.90. The Balaban J connectivity index is 1.84. The van der Waals surface area contributed by atoms with Crippen molar-refractivity contribution in [3.63, 3.8) is 0 Å². The van der Waals surface area contributed by atoms with Crippen LogP contribution >= 0.6 is 27.7 Å². The third kappa shape index (κ3) is 5.19. The van der Waals surface area contributed by atoms with E-state index in [0.29, 0.717) is 5.75 Å². The lowest BCUT2D eigenvalue weighted by Gasteiger charge is -2.07. The van der Waals surface area contributed by atoms with E-state index in [1.165, 1.54) is 11.8 Å². The molecule has 1 atom stereocenters. The molecule has 0 radical (unpaired) electrons. The van der Waals surface area contributed by atoms with Crippen LogP contribution < -0.4 is 11.1 Å². The number of benzene rings is 2. The van der Waals surface area contributed by atoms with Gasteiger partial charge in [-0.3, -0.25) is 4.79 Å². The first-order chi connectivity index (χ1) is 10.0. The molecule has 0 spiro atoms. The molecule has 0 bridgehead atoms. The van der Waals surface area contributed by atoms with Crippen molar-refractivity contribution in [2.24, 2.45) is 5.73 Å². The summed E-state index contributed by atoms with van der Waals surface area (Å²) in [6.07, 6.45) is 0. The van der Waals surface area contributed by atoms with Gasteiger partial charge in [0.25, 0.3) is 0 Å². The molecule has 3 nitrogen and oxygen atoms in total. The zero-order valence-corrected chi connectivity index (χ0v) is 14.1. The Morgan fingerprint density at radius 1 is 1.19 bits per heavy atom. The maximum atomic E-state index is 11.9. The van der Waals surface area contributed by atoms with Gasteiger partial charge in [0, 0.05) is 21.1 Å². The predicted molar refractivity (Wildman–Crippen MR) is 92.5 cm³/mol. The molecule has 0 saturated carbocycles. The molecule has 0 aliphatic heterocycles. The molecule has 0 fully saturated rings. The summed E-state index contributed by atoms with van der Waals surface area (Å²) in [5.41, 5.74) is 7.71. The Labute approximate surface area is 137 Å². The molecule has 0 heterocycles. The van der Waals surface area contributed by atoms with Crippen molar-refractivity contribution in [3.8, 4) is 0 Å². The van der Waals surface area contributed by atoms with Gasteiger partial charge in [-0.05, 0) is 48.9 Å². The van der Waals surface area contributed by atoms with E-state index >= 15 is 0 Å². The number of rotatable bonds is 5. The zero-order valence-electron chi connectivity index (χ0n) is 11.7. The molecule has 0 aromatic heterocycles. The summed E-state index contributed by atoms with van der Waals surface area (Å²) < 4.78 is 0.990. The number of hydrogen-bond acceptors (Lipinski definition) is 3. The third-order valence-corrected chi connectivity index (χ3v) is 4.44. The molecule has 110 valence electrons. The average molecular weight is 365 g/mol. The minimum Gasteiger partial charge on any atom is -0.325 e. The number of nitrogens with two attached hydrogens (primary N) is 1. The van der Waals surface area contributed by atoms with Crippen molar-refractivity contribution in [1.29, 1.82) is 0 Å². The number of halogens is 1. The highest BCUT2D eigenvalue weighted by atomic mass is 79.9. The molecule has 0 aliphatic carbocycles. The fourth-order valence-electron chi connectivity index (χ4n) is 1.75. The Morgan fingerprint density at radius 3 is 2.38 bits per heavy atom. The number of amides is 1. The molecule has 5 heteroatoms. The maximum absolute atomic E-state index is 11.9. The van der Waals surface area contributed by atoms with E-state index in [0.717, 1.165) is 20.6 Å². The largest absolute Gasteiger partial charge is 0.325 e. The van der Waals surface area contributed by atoms with Crippen LogP contribution in [-0.4, -0.2) is 11.7 Å². The summed E-state index contributed by atoms with van der Waals surface area (Å²) in [4.78, 5) is 12.9. The van der Waals surface area contributed by atoms with Crippen molar-refractivity contribution < 1.29 is 4.79 Å². The van der Waals surface area contributed by atoms with Crippen molar-refractivity contribution >= 4 is 39.3 Å². The predicted octanol–water partition coefficient (Wildman–Crippen LogP) is 4.20. The summed E-state index contributed by atoms with van der Waals surface area (Å²) in [5, 5.41) is 2.87. The van der Waals surface area contributed by atoms with Gasteiger partial charge in [0.05, 0.1) is 5.75 Å². The molecular formula is C16H17BrN2OS. The molecule has 0 aliphatic rings. The number of hydrogen-bond donors (Lipinski definition) is 2. The van der Waals surface area contributed by atoms with Gasteiger partial charge in [0.2, 0.25) is 5.91 Å². The molecule has 3 N–H and O–H groups in total. The van der Waals surface area contributed by atoms with Crippen LogP contribution in [0.1, 0.15) is 18.5 Å². The van der Waals surface area contributed by atoms with Gasteiger partial charge >= 0.3 is 0 Å². The van der Waals surface area contributed by atoms with Gasteiger partial charge in [0.1, 0.15) is 0 Å².